The number of carbonyl (C=O) groups is 1. The number of hydrogen-bond donors (Lipinski definition) is 0. The van der Waals surface area contributed by atoms with Gasteiger partial charge in [0, 0.05) is 4.47 Å². The van der Waals surface area contributed by atoms with Gasteiger partial charge in [-0.2, -0.15) is 0 Å². The van der Waals surface area contributed by atoms with Gasteiger partial charge in [-0.1, -0.05) is 64.2 Å². The molecule has 1 aliphatic rings. The number of halogens is 1. The largest absolute Gasteiger partial charge is 0.497 e. The number of thiazole rings is 1. The van der Waals surface area contributed by atoms with Gasteiger partial charge in [-0.25, -0.2) is 9.79 Å². The minimum atomic E-state index is -0.672. The summed E-state index contributed by atoms with van der Waals surface area (Å²) in [5, 5.41) is 0. The van der Waals surface area contributed by atoms with Crippen molar-refractivity contribution in [1.82, 2.24) is 4.57 Å². The van der Waals surface area contributed by atoms with Crippen LogP contribution in [0.1, 0.15) is 24.1 Å². The molecular formula is C25H21BrN2O4S. The molecule has 2 aromatic carbocycles. The van der Waals surface area contributed by atoms with Crippen LogP contribution in [0.15, 0.2) is 86.7 Å². The van der Waals surface area contributed by atoms with E-state index in [0.717, 1.165) is 15.6 Å². The SMILES string of the molecule is C=CCOC(=O)C1=C(C)N=c2s/c(=C/c3cccc(Br)c3)c(=O)n2C1c1ccc(OC)cc1. The first kappa shape index (κ1) is 22.9. The molecule has 0 saturated heterocycles. The predicted octanol–water partition coefficient (Wildman–Crippen LogP) is 3.74. The van der Waals surface area contributed by atoms with Gasteiger partial charge in [-0.15, -0.1) is 0 Å². The van der Waals surface area contributed by atoms with Gasteiger partial charge in [0.25, 0.3) is 5.56 Å². The molecule has 0 spiro atoms. The lowest BCUT2D eigenvalue weighted by Gasteiger charge is -2.24. The van der Waals surface area contributed by atoms with Crippen molar-refractivity contribution in [3.63, 3.8) is 0 Å². The number of methoxy groups -OCH3 is 1. The Morgan fingerprint density at radius 1 is 1.27 bits per heavy atom. The number of hydrogen-bond acceptors (Lipinski definition) is 6. The van der Waals surface area contributed by atoms with Crippen LogP contribution in [-0.4, -0.2) is 24.3 Å². The van der Waals surface area contributed by atoms with E-state index in [-0.39, 0.29) is 12.2 Å². The first-order valence-electron chi connectivity index (χ1n) is 10.1. The summed E-state index contributed by atoms with van der Waals surface area (Å²) in [5.41, 5.74) is 2.26. The fourth-order valence-corrected chi connectivity index (χ4v) is 5.11. The summed E-state index contributed by atoms with van der Waals surface area (Å²) in [4.78, 5) is 31.7. The molecule has 8 heteroatoms. The van der Waals surface area contributed by atoms with Crippen molar-refractivity contribution >= 4 is 39.3 Å². The molecular weight excluding hydrogens is 504 g/mol. The summed E-state index contributed by atoms with van der Waals surface area (Å²) in [5.74, 6) is 0.149. The second kappa shape index (κ2) is 9.72. The Morgan fingerprint density at radius 2 is 2.03 bits per heavy atom. The maximum Gasteiger partial charge on any atom is 0.338 e. The lowest BCUT2D eigenvalue weighted by Crippen LogP contribution is -2.39. The molecule has 1 unspecified atom stereocenters. The highest BCUT2D eigenvalue weighted by molar-refractivity contribution is 9.10. The Balaban J connectivity index is 1.92. The summed E-state index contributed by atoms with van der Waals surface area (Å²) in [6.45, 7) is 5.42. The minimum Gasteiger partial charge on any atom is -0.497 e. The smallest absolute Gasteiger partial charge is 0.338 e. The molecule has 0 radical (unpaired) electrons. The zero-order chi connectivity index (χ0) is 23.5. The Labute approximate surface area is 203 Å². The molecule has 1 aromatic heterocycles. The Bertz CT molecular complexity index is 1430. The third-order valence-electron chi connectivity index (χ3n) is 5.15. The second-order valence-electron chi connectivity index (χ2n) is 7.30. The van der Waals surface area contributed by atoms with E-state index < -0.39 is 12.0 Å². The zero-order valence-corrected chi connectivity index (χ0v) is 20.5. The van der Waals surface area contributed by atoms with E-state index in [9.17, 15) is 9.59 Å². The molecule has 0 amide bonds. The van der Waals surface area contributed by atoms with Crippen LogP contribution in [0.25, 0.3) is 6.08 Å². The van der Waals surface area contributed by atoms with E-state index in [0.29, 0.717) is 26.4 Å². The predicted molar refractivity (Wildman–Crippen MR) is 132 cm³/mol. The van der Waals surface area contributed by atoms with E-state index >= 15 is 0 Å². The fraction of sp³-hybridized carbons (Fsp3) is 0.160. The molecule has 168 valence electrons. The molecule has 0 bridgehead atoms. The van der Waals surface area contributed by atoms with Crippen LogP contribution in [0.2, 0.25) is 0 Å². The van der Waals surface area contributed by atoms with Crippen LogP contribution < -0.4 is 19.6 Å². The average Bonchev–Trinajstić information content (AvgIpc) is 3.11. The number of benzene rings is 2. The van der Waals surface area contributed by atoms with Crippen LogP contribution in [0, 0.1) is 0 Å². The first-order valence-corrected chi connectivity index (χ1v) is 11.7. The summed E-state index contributed by atoms with van der Waals surface area (Å²) in [7, 11) is 1.59. The van der Waals surface area contributed by atoms with E-state index in [1.807, 2.05) is 42.5 Å². The van der Waals surface area contributed by atoms with Gasteiger partial charge < -0.3 is 9.47 Å². The Kier molecular flexibility index (Phi) is 6.76. The van der Waals surface area contributed by atoms with Gasteiger partial charge >= 0.3 is 5.97 Å². The molecule has 1 aliphatic heterocycles. The van der Waals surface area contributed by atoms with Crippen molar-refractivity contribution in [2.75, 3.05) is 13.7 Å². The lowest BCUT2D eigenvalue weighted by atomic mass is 9.96. The van der Waals surface area contributed by atoms with Crippen molar-refractivity contribution in [2.45, 2.75) is 13.0 Å². The summed E-state index contributed by atoms with van der Waals surface area (Å²) < 4.78 is 13.6. The number of carbonyl (C=O) groups excluding carboxylic acids is 1. The molecule has 4 rings (SSSR count). The molecule has 2 heterocycles. The number of fused-ring (bicyclic) bond motifs is 1. The number of ether oxygens (including phenoxy) is 2. The monoisotopic (exact) mass is 524 g/mol. The highest BCUT2D eigenvalue weighted by Gasteiger charge is 2.33. The van der Waals surface area contributed by atoms with Crippen molar-refractivity contribution in [3.05, 3.63) is 108 Å². The zero-order valence-electron chi connectivity index (χ0n) is 18.1. The summed E-state index contributed by atoms with van der Waals surface area (Å²) in [6, 6.07) is 14.3. The summed E-state index contributed by atoms with van der Waals surface area (Å²) in [6.07, 6.45) is 3.33. The molecule has 3 aromatic rings. The fourth-order valence-electron chi connectivity index (χ4n) is 3.64. The van der Waals surface area contributed by atoms with E-state index in [1.54, 1.807) is 30.7 Å². The number of allylic oxidation sites excluding steroid dienone is 1. The maximum atomic E-state index is 13.6. The molecule has 6 nitrogen and oxygen atoms in total. The third kappa shape index (κ3) is 4.62. The van der Waals surface area contributed by atoms with Gasteiger partial charge in [-0.05, 0) is 48.4 Å². The standard InChI is InChI=1S/C25H21BrN2O4S/c1-4-12-32-24(30)21-15(2)27-25-28(22(21)17-8-10-19(31-3)11-9-17)23(29)20(33-25)14-16-6-5-7-18(26)13-16/h4-11,13-14,22H,1,12H2,2-3H3/b20-14+. The highest BCUT2D eigenvalue weighted by Crippen LogP contribution is 2.31. The van der Waals surface area contributed by atoms with Crippen LogP contribution in [0.3, 0.4) is 0 Å². The second-order valence-corrected chi connectivity index (χ2v) is 9.22. The quantitative estimate of drug-likeness (QED) is 0.363. The molecule has 0 aliphatic carbocycles. The summed E-state index contributed by atoms with van der Waals surface area (Å²) >= 11 is 4.75. The third-order valence-corrected chi connectivity index (χ3v) is 6.63. The molecule has 1 atom stereocenters. The van der Waals surface area contributed by atoms with Gasteiger partial charge in [0.15, 0.2) is 4.80 Å². The Morgan fingerprint density at radius 3 is 2.70 bits per heavy atom. The van der Waals surface area contributed by atoms with Crippen LogP contribution in [-0.2, 0) is 9.53 Å². The van der Waals surface area contributed by atoms with Crippen molar-refractivity contribution in [1.29, 1.82) is 0 Å². The molecule has 0 N–H and O–H groups in total. The highest BCUT2D eigenvalue weighted by atomic mass is 79.9. The minimum absolute atomic E-state index is 0.0677. The van der Waals surface area contributed by atoms with Crippen LogP contribution in [0.5, 0.6) is 5.75 Å². The normalized spacial score (nSPS) is 15.6. The number of rotatable bonds is 6. The van der Waals surface area contributed by atoms with Crippen molar-refractivity contribution in [3.8, 4) is 5.75 Å². The molecule has 0 fully saturated rings. The van der Waals surface area contributed by atoms with Gasteiger partial charge in [-0.3, -0.25) is 9.36 Å². The molecule has 0 saturated carbocycles. The molecule has 33 heavy (non-hydrogen) atoms. The van der Waals surface area contributed by atoms with Gasteiger partial charge in [0.1, 0.15) is 12.4 Å². The number of aromatic nitrogens is 1. The van der Waals surface area contributed by atoms with E-state index in [4.69, 9.17) is 9.47 Å². The van der Waals surface area contributed by atoms with Crippen LogP contribution in [0.4, 0.5) is 0 Å². The van der Waals surface area contributed by atoms with Crippen molar-refractivity contribution < 1.29 is 14.3 Å². The van der Waals surface area contributed by atoms with Crippen molar-refractivity contribution in [2.24, 2.45) is 4.99 Å². The lowest BCUT2D eigenvalue weighted by molar-refractivity contribution is -0.138. The topological polar surface area (TPSA) is 69.9 Å². The number of esters is 1. The van der Waals surface area contributed by atoms with Gasteiger partial charge in [0.2, 0.25) is 0 Å². The Hall–Kier alpha value is -3.23. The number of nitrogens with zero attached hydrogens (tertiary/aromatic N) is 2. The van der Waals surface area contributed by atoms with E-state index in [1.165, 1.54) is 17.4 Å². The first-order chi connectivity index (χ1) is 15.9. The maximum absolute atomic E-state index is 13.6. The van der Waals surface area contributed by atoms with Crippen LogP contribution >= 0.6 is 27.3 Å². The van der Waals surface area contributed by atoms with E-state index in [2.05, 4.69) is 27.5 Å². The average molecular weight is 525 g/mol. The van der Waals surface area contributed by atoms with Gasteiger partial charge in [0.05, 0.1) is 29.0 Å².